The Balaban J connectivity index is 1.98. The van der Waals surface area contributed by atoms with Crippen LogP contribution in [0.3, 0.4) is 0 Å². The first-order valence-electron chi connectivity index (χ1n) is 8.81. The maximum Gasteiger partial charge on any atom is 0.128 e. The van der Waals surface area contributed by atoms with Crippen LogP contribution in [0.5, 0.6) is 5.75 Å². The molecule has 0 N–H and O–H groups in total. The molecule has 0 bridgehead atoms. The normalized spacial score (nSPS) is 11.8. The Hall–Kier alpha value is -2.94. The van der Waals surface area contributed by atoms with Crippen molar-refractivity contribution in [2.75, 3.05) is 7.11 Å². The molecule has 3 nitrogen and oxygen atoms in total. The van der Waals surface area contributed by atoms with Crippen molar-refractivity contribution in [3.05, 3.63) is 66.4 Å². The minimum absolute atomic E-state index is 0.0616. The van der Waals surface area contributed by atoms with Crippen molar-refractivity contribution in [3.8, 4) is 17.0 Å². The topological polar surface area (TPSA) is 35.0 Å². The van der Waals surface area contributed by atoms with Crippen LogP contribution in [0.1, 0.15) is 26.3 Å². The van der Waals surface area contributed by atoms with Crippen LogP contribution in [0.15, 0.2) is 60.8 Å². The molecule has 130 valence electrons. The highest BCUT2D eigenvalue weighted by Crippen LogP contribution is 2.35. The van der Waals surface area contributed by atoms with Crippen molar-refractivity contribution in [1.82, 2.24) is 9.97 Å². The third-order valence-corrected chi connectivity index (χ3v) is 4.77. The fourth-order valence-corrected chi connectivity index (χ4v) is 3.25. The third kappa shape index (κ3) is 2.80. The molecule has 0 spiro atoms. The molecule has 0 radical (unpaired) electrons. The average Bonchev–Trinajstić information content (AvgIpc) is 2.66. The highest BCUT2D eigenvalue weighted by Gasteiger charge is 2.17. The average molecular weight is 342 g/mol. The standard InChI is InChI=1S/C23H22N2O/c1-23(2,3)17-10-12-20(26-4)18(14-17)19-11-9-16-8-7-15-6-5-13-24-21(15)22(16)25-19/h5-14H,1-4H3. The molecule has 4 aromatic rings. The van der Waals surface area contributed by atoms with E-state index in [0.29, 0.717) is 0 Å². The van der Waals surface area contributed by atoms with Crippen LogP contribution in [-0.2, 0) is 5.41 Å². The molecule has 0 atom stereocenters. The van der Waals surface area contributed by atoms with Gasteiger partial charge in [0.25, 0.3) is 0 Å². The van der Waals surface area contributed by atoms with E-state index in [1.807, 2.05) is 18.3 Å². The number of hydrogen-bond acceptors (Lipinski definition) is 3. The number of ether oxygens (including phenoxy) is 1. The van der Waals surface area contributed by atoms with Crippen LogP contribution in [0.25, 0.3) is 33.1 Å². The predicted octanol–water partition coefficient (Wildman–Crippen LogP) is 5.76. The molecule has 0 saturated carbocycles. The number of nitrogens with zero attached hydrogens (tertiary/aromatic N) is 2. The van der Waals surface area contributed by atoms with Gasteiger partial charge in [-0.1, -0.05) is 51.1 Å². The molecule has 0 aliphatic rings. The summed E-state index contributed by atoms with van der Waals surface area (Å²) in [6.45, 7) is 6.64. The lowest BCUT2D eigenvalue weighted by Gasteiger charge is -2.21. The first-order valence-corrected chi connectivity index (χ1v) is 8.81. The van der Waals surface area contributed by atoms with Gasteiger partial charge in [-0.2, -0.15) is 0 Å². The summed E-state index contributed by atoms with van der Waals surface area (Å²) in [6.07, 6.45) is 1.82. The first kappa shape index (κ1) is 16.5. The van der Waals surface area contributed by atoms with Crippen LogP contribution in [0.2, 0.25) is 0 Å². The lowest BCUT2D eigenvalue weighted by molar-refractivity contribution is 0.415. The van der Waals surface area contributed by atoms with E-state index in [2.05, 4.69) is 68.2 Å². The van der Waals surface area contributed by atoms with Crippen LogP contribution in [-0.4, -0.2) is 17.1 Å². The highest BCUT2D eigenvalue weighted by atomic mass is 16.5. The van der Waals surface area contributed by atoms with E-state index >= 15 is 0 Å². The van der Waals surface area contributed by atoms with Gasteiger partial charge in [-0.15, -0.1) is 0 Å². The van der Waals surface area contributed by atoms with Gasteiger partial charge in [0.05, 0.1) is 23.8 Å². The Morgan fingerprint density at radius 3 is 2.31 bits per heavy atom. The molecule has 0 aliphatic carbocycles. The van der Waals surface area contributed by atoms with Gasteiger partial charge in [0.2, 0.25) is 0 Å². The number of aromatic nitrogens is 2. The third-order valence-electron chi connectivity index (χ3n) is 4.77. The van der Waals surface area contributed by atoms with Gasteiger partial charge < -0.3 is 4.74 Å². The van der Waals surface area contributed by atoms with Gasteiger partial charge in [0, 0.05) is 22.5 Å². The smallest absolute Gasteiger partial charge is 0.128 e. The second-order valence-corrected chi connectivity index (χ2v) is 7.57. The van der Waals surface area contributed by atoms with Gasteiger partial charge in [0.15, 0.2) is 0 Å². The minimum Gasteiger partial charge on any atom is -0.496 e. The molecule has 2 aromatic carbocycles. The lowest BCUT2D eigenvalue weighted by Crippen LogP contribution is -2.11. The highest BCUT2D eigenvalue weighted by molar-refractivity contribution is 6.03. The van der Waals surface area contributed by atoms with E-state index in [-0.39, 0.29) is 5.41 Å². The summed E-state index contributed by atoms with van der Waals surface area (Å²) in [5, 5.41) is 2.19. The van der Waals surface area contributed by atoms with Gasteiger partial charge in [-0.05, 0) is 35.2 Å². The van der Waals surface area contributed by atoms with Crippen molar-refractivity contribution in [1.29, 1.82) is 0 Å². The van der Waals surface area contributed by atoms with Crippen LogP contribution in [0, 0.1) is 0 Å². The Kier molecular flexibility index (Phi) is 3.87. The number of rotatable bonds is 2. The van der Waals surface area contributed by atoms with Gasteiger partial charge in [-0.3, -0.25) is 4.98 Å². The maximum absolute atomic E-state index is 5.61. The molecule has 2 aromatic heterocycles. The number of fused-ring (bicyclic) bond motifs is 3. The minimum atomic E-state index is 0.0616. The number of benzene rings is 2. The van der Waals surface area contributed by atoms with Crippen molar-refractivity contribution in [2.24, 2.45) is 0 Å². The van der Waals surface area contributed by atoms with Crippen LogP contribution >= 0.6 is 0 Å². The SMILES string of the molecule is COc1ccc(C(C)(C)C)cc1-c1ccc2ccc3cccnc3c2n1. The number of pyridine rings is 2. The zero-order chi connectivity index (χ0) is 18.3. The fraction of sp³-hybridized carbons (Fsp3) is 0.217. The summed E-state index contributed by atoms with van der Waals surface area (Å²) in [5.41, 5.74) is 5.08. The van der Waals surface area contributed by atoms with Gasteiger partial charge in [0.1, 0.15) is 5.75 Å². The molecular weight excluding hydrogens is 320 g/mol. The van der Waals surface area contributed by atoms with E-state index in [4.69, 9.17) is 9.72 Å². The molecule has 0 unspecified atom stereocenters. The van der Waals surface area contributed by atoms with Gasteiger partial charge in [-0.25, -0.2) is 4.98 Å². The van der Waals surface area contributed by atoms with E-state index in [0.717, 1.165) is 38.8 Å². The molecule has 0 fully saturated rings. The summed E-state index contributed by atoms with van der Waals surface area (Å²) in [6, 6.07) is 18.7. The molecule has 3 heteroatoms. The zero-order valence-corrected chi connectivity index (χ0v) is 15.6. The van der Waals surface area contributed by atoms with E-state index in [1.54, 1.807) is 7.11 Å². The summed E-state index contributed by atoms with van der Waals surface area (Å²) >= 11 is 0. The quantitative estimate of drug-likeness (QED) is 0.435. The number of methoxy groups -OCH3 is 1. The van der Waals surface area contributed by atoms with E-state index < -0.39 is 0 Å². The summed E-state index contributed by atoms with van der Waals surface area (Å²) in [5.74, 6) is 0.832. The molecule has 4 rings (SSSR count). The molecular formula is C23H22N2O. The van der Waals surface area contributed by atoms with Crippen molar-refractivity contribution < 1.29 is 4.74 Å². The molecule has 2 heterocycles. The molecule has 0 aliphatic heterocycles. The fourth-order valence-electron chi connectivity index (χ4n) is 3.25. The Morgan fingerprint density at radius 1 is 0.846 bits per heavy atom. The maximum atomic E-state index is 5.61. The van der Waals surface area contributed by atoms with Crippen molar-refractivity contribution >= 4 is 21.8 Å². The molecule has 0 saturated heterocycles. The van der Waals surface area contributed by atoms with Crippen molar-refractivity contribution in [2.45, 2.75) is 26.2 Å². The Morgan fingerprint density at radius 2 is 1.58 bits per heavy atom. The monoisotopic (exact) mass is 342 g/mol. The van der Waals surface area contributed by atoms with Crippen molar-refractivity contribution in [3.63, 3.8) is 0 Å². The summed E-state index contributed by atoms with van der Waals surface area (Å²) in [7, 11) is 1.70. The van der Waals surface area contributed by atoms with Crippen LogP contribution in [0.4, 0.5) is 0 Å². The second-order valence-electron chi connectivity index (χ2n) is 7.57. The summed E-state index contributed by atoms with van der Waals surface area (Å²) < 4.78 is 5.61. The first-order chi connectivity index (χ1) is 12.5. The van der Waals surface area contributed by atoms with E-state index in [1.165, 1.54) is 5.56 Å². The second kappa shape index (κ2) is 6.10. The predicted molar refractivity (Wildman–Crippen MR) is 108 cm³/mol. The molecule has 26 heavy (non-hydrogen) atoms. The lowest BCUT2D eigenvalue weighted by atomic mass is 9.85. The van der Waals surface area contributed by atoms with Gasteiger partial charge >= 0.3 is 0 Å². The van der Waals surface area contributed by atoms with Crippen LogP contribution < -0.4 is 4.74 Å². The zero-order valence-electron chi connectivity index (χ0n) is 15.6. The van der Waals surface area contributed by atoms with E-state index in [9.17, 15) is 0 Å². The number of hydrogen-bond donors (Lipinski definition) is 0. The Labute approximate surface area is 153 Å². The Bertz CT molecular complexity index is 1110. The largest absolute Gasteiger partial charge is 0.496 e. The molecule has 0 amide bonds. The summed E-state index contributed by atoms with van der Waals surface area (Å²) in [4.78, 5) is 9.51.